The van der Waals surface area contributed by atoms with Crippen LogP contribution >= 0.6 is 0 Å². The zero-order chi connectivity index (χ0) is 16.0. The summed E-state index contributed by atoms with van der Waals surface area (Å²) in [6.07, 6.45) is -1.39. The fourth-order valence-corrected chi connectivity index (χ4v) is 2.77. The summed E-state index contributed by atoms with van der Waals surface area (Å²) in [5.41, 5.74) is 1.85. The Bertz CT molecular complexity index is 1170. The molecule has 2 heterocycles. The topological polar surface area (TPSA) is 99.3 Å². The van der Waals surface area contributed by atoms with Crippen LogP contribution in [0.2, 0.25) is 0 Å². The summed E-state index contributed by atoms with van der Waals surface area (Å²) >= 11 is 0. The van der Waals surface area contributed by atoms with E-state index in [0.717, 1.165) is 0 Å². The van der Waals surface area contributed by atoms with Gasteiger partial charge in [0.2, 0.25) is 0 Å². The summed E-state index contributed by atoms with van der Waals surface area (Å²) in [4.78, 5) is 26.7. The molecule has 4 aromatic rings. The van der Waals surface area contributed by atoms with Crippen LogP contribution in [0.5, 0.6) is 0 Å². The number of rotatable bonds is 1. The van der Waals surface area contributed by atoms with Gasteiger partial charge in [-0.1, -0.05) is 35.4 Å². The highest BCUT2D eigenvalue weighted by Gasteiger charge is 2.16. The number of para-hydroxylation sites is 2. The molecule has 0 spiro atoms. The molecule has 7 nitrogen and oxygen atoms in total. The summed E-state index contributed by atoms with van der Waals surface area (Å²) < 4.78 is 1.49. The Morgan fingerprint density at radius 1 is 1.04 bits per heavy atom. The van der Waals surface area contributed by atoms with E-state index < -0.39 is 6.09 Å². The molecule has 0 fully saturated rings. The van der Waals surface area contributed by atoms with Gasteiger partial charge in [-0.05, 0) is 18.2 Å². The molecule has 0 bridgehead atoms. The summed E-state index contributed by atoms with van der Waals surface area (Å²) in [6.45, 7) is 0. The summed E-state index contributed by atoms with van der Waals surface area (Å²) in [5.74, 6) is 0. The maximum absolute atomic E-state index is 12.8. The molecule has 4 rings (SSSR count). The zero-order valence-electron chi connectivity index (χ0n) is 11.7. The second-order valence-corrected chi connectivity index (χ2v) is 5.01. The largest absolute Gasteiger partial charge is 0.462 e. The maximum Gasteiger partial charge on any atom is 0.449 e. The molecule has 0 aliphatic rings. The molecule has 0 saturated carbocycles. The van der Waals surface area contributed by atoms with Crippen LogP contribution in [0.3, 0.4) is 0 Å². The highest BCUT2D eigenvalue weighted by atomic mass is 16.4. The number of carboxylic acid groups (broad SMARTS) is 1. The number of carbonyl (C=O) groups is 1. The fraction of sp³-hybridized carbons (Fsp3) is 0. The van der Waals surface area contributed by atoms with Crippen molar-refractivity contribution in [1.29, 1.82) is 0 Å². The average molecular weight is 306 g/mol. The molecule has 0 aliphatic heterocycles. The van der Waals surface area contributed by atoms with Crippen LogP contribution < -0.4 is 5.56 Å². The van der Waals surface area contributed by atoms with E-state index >= 15 is 0 Å². The van der Waals surface area contributed by atoms with Crippen LogP contribution in [0.25, 0.3) is 27.5 Å². The average Bonchev–Trinajstić information content (AvgIpc) is 2.87. The minimum atomic E-state index is -1.39. The number of benzene rings is 2. The van der Waals surface area contributed by atoms with Crippen LogP contribution in [-0.4, -0.2) is 20.6 Å². The quantitative estimate of drug-likeness (QED) is 0.524. The van der Waals surface area contributed by atoms with Gasteiger partial charge in [0.05, 0.1) is 16.4 Å². The lowest BCUT2D eigenvalue weighted by Crippen LogP contribution is -2.13. The van der Waals surface area contributed by atoms with Gasteiger partial charge in [-0.25, -0.2) is 4.79 Å². The van der Waals surface area contributed by atoms with Gasteiger partial charge in [0.15, 0.2) is 0 Å². The predicted molar refractivity (Wildman–Crippen MR) is 85.6 cm³/mol. The summed E-state index contributed by atoms with van der Waals surface area (Å²) in [6, 6.07) is 14.3. The minimum Gasteiger partial charge on any atom is -0.462 e. The molecule has 1 amide bonds. The molecule has 2 aromatic heterocycles. The summed E-state index contributed by atoms with van der Waals surface area (Å²) in [7, 11) is 0. The van der Waals surface area contributed by atoms with Crippen LogP contribution in [-0.2, 0) is 0 Å². The van der Waals surface area contributed by atoms with Crippen molar-refractivity contribution in [2.45, 2.75) is 0 Å². The van der Waals surface area contributed by atoms with Crippen molar-refractivity contribution in [3.63, 3.8) is 0 Å². The van der Waals surface area contributed by atoms with Crippen molar-refractivity contribution < 1.29 is 9.90 Å². The van der Waals surface area contributed by atoms with Crippen molar-refractivity contribution >= 4 is 39.2 Å². The third-order valence-electron chi connectivity index (χ3n) is 3.70. The summed E-state index contributed by atoms with van der Waals surface area (Å²) in [5, 5.41) is 16.9. The van der Waals surface area contributed by atoms with E-state index in [1.165, 1.54) is 4.40 Å². The van der Waals surface area contributed by atoms with Crippen LogP contribution in [0.1, 0.15) is 0 Å². The molecule has 2 aromatic carbocycles. The molecule has 112 valence electrons. The van der Waals surface area contributed by atoms with E-state index in [9.17, 15) is 9.59 Å². The Labute approximate surface area is 128 Å². The number of nitrogens with one attached hydrogen (secondary N) is 1. The normalized spacial score (nSPS) is 11.8. The number of aromatic amines is 1. The van der Waals surface area contributed by atoms with Gasteiger partial charge in [0.1, 0.15) is 11.3 Å². The van der Waals surface area contributed by atoms with Gasteiger partial charge < -0.3 is 10.1 Å². The van der Waals surface area contributed by atoms with E-state index in [4.69, 9.17) is 5.11 Å². The van der Waals surface area contributed by atoms with Gasteiger partial charge in [0.25, 0.3) is 5.56 Å². The fourth-order valence-electron chi connectivity index (χ4n) is 2.77. The Morgan fingerprint density at radius 2 is 1.74 bits per heavy atom. The number of azo groups is 1. The van der Waals surface area contributed by atoms with Gasteiger partial charge in [-0.3, -0.25) is 9.20 Å². The first-order valence-electron chi connectivity index (χ1n) is 6.85. The Hall–Kier alpha value is -3.48. The van der Waals surface area contributed by atoms with Crippen LogP contribution in [0.4, 0.5) is 10.5 Å². The first-order chi connectivity index (χ1) is 11.2. The van der Waals surface area contributed by atoms with Crippen molar-refractivity contribution in [1.82, 2.24) is 9.38 Å². The lowest BCUT2D eigenvalue weighted by Gasteiger charge is -2.01. The molecular formula is C16H10N4O3. The number of hydrogen-bond donors (Lipinski definition) is 2. The number of hydrogen-bond acceptors (Lipinski definition) is 3. The van der Waals surface area contributed by atoms with Gasteiger partial charge in [0, 0.05) is 5.39 Å². The van der Waals surface area contributed by atoms with Gasteiger partial charge in [-0.2, -0.15) is 0 Å². The molecule has 23 heavy (non-hydrogen) atoms. The Morgan fingerprint density at radius 3 is 2.52 bits per heavy atom. The molecular weight excluding hydrogens is 296 g/mol. The zero-order valence-corrected chi connectivity index (χ0v) is 11.7. The Balaban J connectivity index is 2.26. The van der Waals surface area contributed by atoms with Crippen molar-refractivity contribution in [3.8, 4) is 0 Å². The second kappa shape index (κ2) is 4.77. The highest BCUT2D eigenvalue weighted by Crippen LogP contribution is 2.32. The van der Waals surface area contributed by atoms with Crippen molar-refractivity contribution in [2.24, 2.45) is 10.2 Å². The first kappa shape index (κ1) is 13.2. The SMILES string of the molecule is O=C(O)N=Nc1c2ccccc2n2c(=O)c3ccccc3[nH]c12. The highest BCUT2D eigenvalue weighted by molar-refractivity contribution is 6.01. The smallest absolute Gasteiger partial charge is 0.449 e. The lowest BCUT2D eigenvalue weighted by atomic mass is 10.2. The number of H-pyrrole nitrogens is 1. The van der Waals surface area contributed by atoms with E-state index in [0.29, 0.717) is 33.1 Å². The molecule has 0 aliphatic carbocycles. The number of nitrogens with zero attached hydrogens (tertiary/aromatic N) is 3. The number of fused-ring (bicyclic) bond motifs is 4. The third-order valence-corrected chi connectivity index (χ3v) is 3.70. The monoisotopic (exact) mass is 306 g/mol. The van der Waals surface area contributed by atoms with Crippen molar-refractivity contribution in [3.05, 3.63) is 58.9 Å². The second-order valence-electron chi connectivity index (χ2n) is 5.01. The molecule has 0 saturated heterocycles. The molecule has 7 heteroatoms. The molecule has 0 atom stereocenters. The van der Waals surface area contributed by atoms with Crippen LogP contribution in [0.15, 0.2) is 63.6 Å². The molecule has 2 N–H and O–H groups in total. The molecule has 0 radical (unpaired) electrons. The first-order valence-corrected chi connectivity index (χ1v) is 6.85. The van der Waals surface area contributed by atoms with Gasteiger partial charge >= 0.3 is 6.09 Å². The van der Waals surface area contributed by atoms with E-state index in [-0.39, 0.29) is 5.56 Å². The standard InChI is InChI=1S/C16H10N4O3/c21-15-9-5-1-3-7-11(9)17-14-13(18-19-16(22)23)10-6-2-4-8-12(10)20(14)15/h1-8,17H,(H,22,23). The number of aromatic nitrogens is 2. The van der Waals surface area contributed by atoms with Crippen molar-refractivity contribution in [2.75, 3.05) is 0 Å². The maximum atomic E-state index is 12.8. The van der Waals surface area contributed by atoms with Crippen LogP contribution in [0, 0.1) is 0 Å². The lowest BCUT2D eigenvalue weighted by molar-refractivity contribution is 0.204. The van der Waals surface area contributed by atoms with E-state index in [1.54, 1.807) is 36.4 Å². The predicted octanol–water partition coefficient (Wildman–Crippen LogP) is 3.70. The minimum absolute atomic E-state index is 0.192. The third kappa shape index (κ3) is 1.90. The Kier molecular flexibility index (Phi) is 2.74. The number of amides is 1. The molecule has 0 unspecified atom stereocenters. The van der Waals surface area contributed by atoms with Gasteiger partial charge in [-0.15, -0.1) is 5.11 Å². The van der Waals surface area contributed by atoms with E-state index in [2.05, 4.69) is 15.2 Å². The van der Waals surface area contributed by atoms with E-state index in [1.807, 2.05) is 12.1 Å².